The number of rotatable bonds is 7. The van der Waals surface area contributed by atoms with E-state index in [1.807, 2.05) is 0 Å². The lowest BCUT2D eigenvalue weighted by Gasteiger charge is -2.24. The average Bonchev–Trinajstić information content (AvgIpc) is 2.81. The largest absolute Gasteiger partial charge is 0.508 e. The summed E-state index contributed by atoms with van der Waals surface area (Å²) in [5.41, 5.74) is 1.65. The van der Waals surface area contributed by atoms with Crippen LogP contribution in [0.25, 0.3) is 0 Å². The molecule has 1 unspecified atom stereocenters. The van der Waals surface area contributed by atoms with Gasteiger partial charge < -0.3 is 25.0 Å². The third-order valence-electron chi connectivity index (χ3n) is 5.47. The molecule has 3 N–H and O–H groups in total. The zero-order valence-corrected chi connectivity index (χ0v) is 19.4. The highest BCUT2D eigenvalue weighted by atomic mass is 35.5. The molecule has 0 aliphatic carbocycles. The van der Waals surface area contributed by atoms with Crippen molar-refractivity contribution in [2.75, 3.05) is 13.2 Å². The summed E-state index contributed by atoms with van der Waals surface area (Å²) in [6.45, 7) is 0.640. The van der Waals surface area contributed by atoms with Crippen LogP contribution in [0.5, 0.6) is 23.0 Å². The van der Waals surface area contributed by atoms with E-state index < -0.39 is 11.9 Å². The number of halogens is 2. The molecule has 1 amide bonds. The first-order valence-electron chi connectivity index (χ1n) is 10.5. The van der Waals surface area contributed by atoms with E-state index in [0.717, 1.165) is 0 Å². The molecule has 1 atom stereocenters. The van der Waals surface area contributed by atoms with Gasteiger partial charge in [0.1, 0.15) is 23.0 Å². The second kappa shape index (κ2) is 10.2. The van der Waals surface area contributed by atoms with Gasteiger partial charge in [0, 0.05) is 28.8 Å². The predicted octanol–water partition coefficient (Wildman–Crippen LogP) is 5.41. The lowest BCUT2D eigenvalue weighted by molar-refractivity contribution is -0.139. The Labute approximate surface area is 205 Å². The third-order valence-corrected chi connectivity index (χ3v) is 6.00. The lowest BCUT2D eigenvalue weighted by atomic mass is 9.93. The number of aromatic hydroxyl groups is 1. The standard InChI is InChI=1S/C25H21Cl2NO6/c26-16-4-1-14(21(29)11-16)7-9-28-24(30)15-2-5-17(6-3-15)34-23-13-22-19(12-20(23)27)18(25(31)32)8-10-33-22/h1-6,11-13,18,29H,7-10H2,(H,28,30)(H,31,32). The molecule has 0 bridgehead atoms. The van der Waals surface area contributed by atoms with E-state index >= 15 is 0 Å². The molecule has 9 heteroatoms. The van der Waals surface area contributed by atoms with E-state index in [4.69, 9.17) is 32.7 Å². The number of hydrogen-bond donors (Lipinski definition) is 3. The first-order valence-corrected chi connectivity index (χ1v) is 11.3. The Morgan fingerprint density at radius 2 is 1.85 bits per heavy atom. The van der Waals surface area contributed by atoms with E-state index in [9.17, 15) is 19.8 Å². The fourth-order valence-electron chi connectivity index (χ4n) is 3.69. The first kappa shape index (κ1) is 23.7. The monoisotopic (exact) mass is 501 g/mol. The molecule has 3 aromatic carbocycles. The molecule has 0 fully saturated rings. The number of hydrogen-bond acceptors (Lipinski definition) is 5. The van der Waals surface area contributed by atoms with E-state index in [0.29, 0.717) is 65.0 Å². The van der Waals surface area contributed by atoms with Crippen molar-refractivity contribution in [2.24, 2.45) is 0 Å². The Kier molecular flexibility index (Phi) is 7.14. The van der Waals surface area contributed by atoms with Crippen LogP contribution >= 0.6 is 23.2 Å². The molecule has 0 saturated heterocycles. The SMILES string of the molecule is O=C(NCCc1ccc(Cl)cc1O)c1ccc(Oc2cc3c(cc2Cl)C(C(=O)O)CCO3)cc1. The molecular weight excluding hydrogens is 481 g/mol. The number of nitrogens with one attached hydrogen (secondary N) is 1. The number of carboxylic acids is 1. The van der Waals surface area contributed by atoms with Crippen molar-refractivity contribution in [3.05, 3.63) is 81.3 Å². The molecule has 176 valence electrons. The Balaban J connectivity index is 1.38. The Hall–Kier alpha value is -3.42. The lowest BCUT2D eigenvalue weighted by Crippen LogP contribution is -2.25. The smallest absolute Gasteiger partial charge is 0.311 e. The van der Waals surface area contributed by atoms with Crippen molar-refractivity contribution in [1.29, 1.82) is 0 Å². The Morgan fingerprint density at radius 1 is 1.09 bits per heavy atom. The highest BCUT2D eigenvalue weighted by Gasteiger charge is 2.29. The summed E-state index contributed by atoms with van der Waals surface area (Å²) in [4.78, 5) is 23.9. The van der Waals surface area contributed by atoms with Gasteiger partial charge in [0.05, 0.1) is 17.5 Å². The summed E-state index contributed by atoms with van der Waals surface area (Å²) >= 11 is 12.2. The molecule has 0 spiro atoms. The molecule has 0 saturated carbocycles. The zero-order chi connectivity index (χ0) is 24.2. The maximum absolute atomic E-state index is 12.4. The number of carbonyl (C=O) groups is 2. The maximum Gasteiger partial charge on any atom is 0.311 e. The summed E-state index contributed by atoms with van der Waals surface area (Å²) < 4.78 is 11.4. The summed E-state index contributed by atoms with van der Waals surface area (Å²) in [5, 5.41) is 22.8. The topological polar surface area (TPSA) is 105 Å². The molecule has 34 heavy (non-hydrogen) atoms. The molecule has 0 aromatic heterocycles. The molecular formula is C25H21Cl2NO6. The van der Waals surface area contributed by atoms with Crippen molar-refractivity contribution < 1.29 is 29.3 Å². The molecule has 7 nitrogen and oxygen atoms in total. The summed E-state index contributed by atoms with van der Waals surface area (Å²) in [6.07, 6.45) is 0.834. The van der Waals surface area contributed by atoms with E-state index in [1.165, 1.54) is 6.07 Å². The van der Waals surface area contributed by atoms with Gasteiger partial charge >= 0.3 is 5.97 Å². The molecule has 1 heterocycles. The third kappa shape index (κ3) is 5.38. The van der Waals surface area contributed by atoms with Crippen molar-refractivity contribution in [3.8, 4) is 23.0 Å². The van der Waals surface area contributed by atoms with Crippen molar-refractivity contribution in [2.45, 2.75) is 18.8 Å². The van der Waals surface area contributed by atoms with E-state index in [-0.39, 0.29) is 16.7 Å². The minimum absolute atomic E-state index is 0.0907. The zero-order valence-electron chi connectivity index (χ0n) is 17.9. The predicted molar refractivity (Wildman–Crippen MR) is 128 cm³/mol. The van der Waals surface area contributed by atoms with Crippen molar-refractivity contribution in [1.82, 2.24) is 5.32 Å². The van der Waals surface area contributed by atoms with Gasteiger partial charge in [-0.05, 0) is 60.9 Å². The minimum atomic E-state index is -0.923. The number of benzene rings is 3. The number of carbonyl (C=O) groups excluding carboxylic acids is 1. The van der Waals surface area contributed by atoms with Crippen LogP contribution < -0.4 is 14.8 Å². The van der Waals surface area contributed by atoms with E-state index in [1.54, 1.807) is 48.5 Å². The first-order chi connectivity index (χ1) is 16.3. The molecule has 0 radical (unpaired) electrons. The maximum atomic E-state index is 12.4. The van der Waals surface area contributed by atoms with Gasteiger partial charge in [-0.2, -0.15) is 0 Å². The van der Waals surface area contributed by atoms with Crippen LogP contribution in [0.15, 0.2) is 54.6 Å². The van der Waals surface area contributed by atoms with Crippen molar-refractivity contribution in [3.63, 3.8) is 0 Å². The average molecular weight is 502 g/mol. The van der Waals surface area contributed by atoms with Crippen LogP contribution in [0.3, 0.4) is 0 Å². The van der Waals surface area contributed by atoms with Crippen LogP contribution in [0.1, 0.15) is 33.8 Å². The van der Waals surface area contributed by atoms with Gasteiger partial charge in [-0.25, -0.2) is 0 Å². The number of phenolic OH excluding ortho intramolecular Hbond substituents is 1. The molecule has 1 aliphatic heterocycles. The Morgan fingerprint density at radius 3 is 2.56 bits per heavy atom. The molecule has 1 aliphatic rings. The Bertz CT molecular complexity index is 1230. The number of fused-ring (bicyclic) bond motifs is 1. The van der Waals surface area contributed by atoms with Gasteiger partial charge in [0.2, 0.25) is 0 Å². The van der Waals surface area contributed by atoms with Gasteiger partial charge in [0.15, 0.2) is 0 Å². The highest BCUT2D eigenvalue weighted by Crippen LogP contribution is 2.41. The number of phenols is 1. The second-order valence-electron chi connectivity index (χ2n) is 7.75. The number of carboxylic acid groups (broad SMARTS) is 1. The van der Waals surface area contributed by atoms with Gasteiger partial charge in [-0.1, -0.05) is 29.3 Å². The summed E-state index contributed by atoms with van der Waals surface area (Å²) in [5.74, 6) is -0.556. The number of amides is 1. The van der Waals surface area contributed by atoms with Crippen LogP contribution in [0.2, 0.25) is 10.0 Å². The fraction of sp³-hybridized carbons (Fsp3) is 0.200. The minimum Gasteiger partial charge on any atom is -0.508 e. The quantitative estimate of drug-likeness (QED) is 0.399. The van der Waals surface area contributed by atoms with Gasteiger partial charge in [-0.3, -0.25) is 9.59 Å². The normalized spacial score (nSPS) is 14.6. The van der Waals surface area contributed by atoms with Crippen molar-refractivity contribution >= 4 is 35.1 Å². The summed E-state index contributed by atoms with van der Waals surface area (Å²) in [6, 6.07) is 14.5. The van der Waals surface area contributed by atoms with Gasteiger partial charge in [0.25, 0.3) is 5.91 Å². The fourth-order valence-corrected chi connectivity index (χ4v) is 4.06. The molecule has 3 aromatic rings. The highest BCUT2D eigenvalue weighted by molar-refractivity contribution is 6.32. The number of aliphatic carboxylic acids is 1. The van der Waals surface area contributed by atoms with E-state index in [2.05, 4.69) is 5.32 Å². The van der Waals surface area contributed by atoms with Gasteiger partial charge in [-0.15, -0.1) is 0 Å². The van der Waals surface area contributed by atoms with Crippen LogP contribution in [0, 0.1) is 0 Å². The van der Waals surface area contributed by atoms with Crippen LogP contribution in [-0.2, 0) is 11.2 Å². The molecule has 4 rings (SSSR count). The number of ether oxygens (including phenoxy) is 2. The summed E-state index contributed by atoms with van der Waals surface area (Å²) in [7, 11) is 0. The second-order valence-corrected chi connectivity index (χ2v) is 8.60. The van der Waals surface area contributed by atoms with Crippen LogP contribution in [-0.4, -0.2) is 35.2 Å². The van der Waals surface area contributed by atoms with Crippen LogP contribution in [0.4, 0.5) is 0 Å².